The van der Waals surface area contributed by atoms with Crippen molar-refractivity contribution in [3.05, 3.63) is 70.3 Å². The molecule has 2 amide bonds. The molecule has 0 saturated heterocycles. The van der Waals surface area contributed by atoms with Crippen molar-refractivity contribution in [1.82, 2.24) is 5.32 Å². The molecule has 0 aliphatic heterocycles. The van der Waals surface area contributed by atoms with Gasteiger partial charge in [-0.25, -0.2) is 4.79 Å². The molecule has 6 nitrogen and oxygen atoms in total. The Labute approximate surface area is 133 Å². The summed E-state index contributed by atoms with van der Waals surface area (Å²) in [5.41, 5.74) is 1.31. The van der Waals surface area contributed by atoms with Gasteiger partial charge >= 0.3 is 6.03 Å². The van der Waals surface area contributed by atoms with Gasteiger partial charge in [0.15, 0.2) is 0 Å². The molecule has 1 fully saturated rings. The lowest BCUT2D eigenvalue weighted by Gasteiger charge is -2.43. The minimum absolute atomic E-state index is 0.00398. The van der Waals surface area contributed by atoms with E-state index in [1.807, 2.05) is 30.3 Å². The van der Waals surface area contributed by atoms with E-state index in [1.54, 1.807) is 0 Å². The topological polar surface area (TPSA) is 84.3 Å². The van der Waals surface area contributed by atoms with Gasteiger partial charge in [-0.2, -0.15) is 0 Å². The Morgan fingerprint density at radius 1 is 1.04 bits per heavy atom. The number of rotatable bonds is 4. The van der Waals surface area contributed by atoms with E-state index in [0.29, 0.717) is 5.69 Å². The van der Waals surface area contributed by atoms with E-state index in [-0.39, 0.29) is 17.3 Å². The molecule has 1 aliphatic rings. The molecule has 0 spiro atoms. The fourth-order valence-electron chi connectivity index (χ4n) is 2.82. The number of hydrogen-bond donors (Lipinski definition) is 2. The fraction of sp³-hybridized carbons (Fsp3) is 0.235. The van der Waals surface area contributed by atoms with E-state index in [4.69, 9.17) is 0 Å². The van der Waals surface area contributed by atoms with Crippen LogP contribution in [0.4, 0.5) is 16.2 Å². The molecule has 6 heteroatoms. The van der Waals surface area contributed by atoms with Crippen molar-refractivity contribution in [3.8, 4) is 0 Å². The number of urea groups is 1. The van der Waals surface area contributed by atoms with Crippen LogP contribution in [0.5, 0.6) is 0 Å². The average molecular weight is 311 g/mol. The lowest BCUT2D eigenvalue weighted by atomic mass is 9.72. The summed E-state index contributed by atoms with van der Waals surface area (Å²) in [5.74, 6) is 0. The summed E-state index contributed by atoms with van der Waals surface area (Å²) in [6.07, 6.45) is 2.89. The zero-order valence-electron chi connectivity index (χ0n) is 12.5. The molecule has 2 N–H and O–H groups in total. The summed E-state index contributed by atoms with van der Waals surface area (Å²) in [4.78, 5) is 22.4. The zero-order chi connectivity index (χ0) is 16.3. The molecule has 118 valence electrons. The van der Waals surface area contributed by atoms with E-state index in [9.17, 15) is 14.9 Å². The molecular weight excluding hydrogens is 294 g/mol. The van der Waals surface area contributed by atoms with Crippen LogP contribution in [0.2, 0.25) is 0 Å². The highest BCUT2D eigenvalue weighted by Gasteiger charge is 2.39. The highest BCUT2D eigenvalue weighted by atomic mass is 16.6. The molecule has 0 atom stereocenters. The SMILES string of the molecule is O=C(Nc1ccc([N+](=O)[O-])cc1)NC1(c2ccccc2)CCC1. The van der Waals surface area contributed by atoms with Crippen LogP contribution in [0.3, 0.4) is 0 Å². The quantitative estimate of drug-likeness (QED) is 0.665. The first-order valence-electron chi connectivity index (χ1n) is 7.48. The van der Waals surface area contributed by atoms with Gasteiger partial charge in [0.2, 0.25) is 0 Å². The van der Waals surface area contributed by atoms with Gasteiger partial charge in [0.05, 0.1) is 10.5 Å². The number of nitrogens with zero attached hydrogens (tertiary/aromatic N) is 1. The fourth-order valence-corrected chi connectivity index (χ4v) is 2.82. The van der Waals surface area contributed by atoms with Crippen molar-refractivity contribution in [3.63, 3.8) is 0 Å². The molecule has 2 aromatic carbocycles. The van der Waals surface area contributed by atoms with Crippen LogP contribution < -0.4 is 10.6 Å². The second kappa shape index (κ2) is 6.08. The van der Waals surface area contributed by atoms with Crippen LogP contribution in [0.15, 0.2) is 54.6 Å². The number of nitro benzene ring substituents is 1. The maximum absolute atomic E-state index is 12.3. The van der Waals surface area contributed by atoms with E-state index in [1.165, 1.54) is 24.3 Å². The molecule has 0 aromatic heterocycles. The number of carbonyl (C=O) groups excluding carboxylic acids is 1. The number of nitro groups is 1. The number of carbonyl (C=O) groups is 1. The Kier molecular flexibility index (Phi) is 3.97. The van der Waals surface area contributed by atoms with Gasteiger partial charge in [-0.1, -0.05) is 30.3 Å². The van der Waals surface area contributed by atoms with Crippen LogP contribution in [-0.4, -0.2) is 11.0 Å². The molecule has 1 saturated carbocycles. The van der Waals surface area contributed by atoms with Gasteiger partial charge in [0, 0.05) is 17.8 Å². The van der Waals surface area contributed by atoms with Gasteiger partial charge in [-0.05, 0) is 37.0 Å². The Morgan fingerprint density at radius 3 is 2.22 bits per heavy atom. The first kappa shape index (κ1) is 15.0. The summed E-state index contributed by atoms with van der Waals surface area (Å²) >= 11 is 0. The van der Waals surface area contributed by atoms with Crippen LogP contribution >= 0.6 is 0 Å². The van der Waals surface area contributed by atoms with Crippen LogP contribution in [0.1, 0.15) is 24.8 Å². The van der Waals surface area contributed by atoms with Crippen molar-refractivity contribution < 1.29 is 9.72 Å². The smallest absolute Gasteiger partial charge is 0.319 e. The van der Waals surface area contributed by atoms with E-state index < -0.39 is 4.92 Å². The molecule has 3 rings (SSSR count). The maximum Gasteiger partial charge on any atom is 0.319 e. The minimum atomic E-state index is -0.470. The molecule has 0 unspecified atom stereocenters. The third-order valence-corrected chi connectivity index (χ3v) is 4.22. The summed E-state index contributed by atoms with van der Waals surface area (Å²) in [6.45, 7) is 0. The standard InChI is InChI=1S/C17H17N3O3/c21-16(18-14-7-9-15(10-8-14)20(22)23)19-17(11-4-12-17)13-5-2-1-3-6-13/h1-3,5-10H,4,11-12H2,(H2,18,19,21). The van der Waals surface area contributed by atoms with E-state index in [0.717, 1.165) is 24.8 Å². The van der Waals surface area contributed by atoms with E-state index in [2.05, 4.69) is 10.6 Å². The molecule has 1 aliphatic carbocycles. The van der Waals surface area contributed by atoms with Crippen molar-refractivity contribution in [2.45, 2.75) is 24.8 Å². The third-order valence-electron chi connectivity index (χ3n) is 4.22. The highest BCUT2D eigenvalue weighted by molar-refractivity contribution is 5.90. The first-order chi connectivity index (χ1) is 11.1. The average Bonchev–Trinajstić information content (AvgIpc) is 2.52. The lowest BCUT2D eigenvalue weighted by Crippen LogP contribution is -2.52. The summed E-state index contributed by atoms with van der Waals surface area (Å²) in [6, 6.07) is 15.4. The van der Waals surface area contributed by atoms with Crippen molar-refractivity contribution in [2.75, 3.05) is 5.32 Å². The second-order valence-electron chi connectivity index (χ2n) is 5.68. The number of benzene rings is 2. The minimum Gasteiger partial charge on any atom is -0.328 e. The summed E-state index contributed by atoms with van der Waals surface area (Å²) < 4.78 is 0. The van der Waals surface area contributed by atoms with Gasteiger partial charge < -0.3 is 10.6 Å². The monoisotopic (exact) mass is 311 g/mol. The molecular formula is C17H17N3O3. The normalized spacial score (nSPS) is 15.3. The number of anilines is 1. The molecule has 23 heavy (non-hydrogen) atoms. The largest absolute Gasteiger partial charge is 0.328 e. The predicted molar refractivity (Wildman–Crippen MR) is 87.2 cm³/mol. The van der Waals surface area contributed by atoms with Gasteiger partial charge in [-0.3, -0.25) is 10.1 Å². The maximum atomic E-state index is 12.3. The Hall–Kier alpha value is -2.89. The van der Waals surface area contributed by atoms with Gasteiger partial charge in [0.1, 0.15) is 0 Å². The molecule has 2 aromatic rings. The predicted octanol–water partition coefficient (Wildman–Crippen LogP) is 3.80. The van der Waals surface area contributed by atoms with E-state index >= 15 is 0 Å². The molecule has 0 radical (unpaired) electrons. The zero-order valence-corrected chi connectivity index (χ0v) is 12.5. The lowest BCUT2D eigenvalue weighted by molar-refractivity contribution is -0.384. The van der Waals surface area contributed by atoms with Gasteiger partial charge in [0.25, 0.3) is 5.69 Å². The third kappa shape index (κ3) is 3.15. The summed E-state index contributed by atoms with van der Waals surface area (Å²) in [7, 11) is 0. The van der Waals surface area contributed by atoms with Crippen LogP contribution in [-0.2, 0) is 5.54 Å². The second-order valence-corrected chi connectivity index (χ2v) is 5.68. The Morgan fingerprint density at radius 2 is 1.70 bits per heavy atom. The Balaban J connectivity index is 1.68. The summed E-state index contributed by atoms with van der Waals surface area (Å²) in [5, 5.41) is 16.4. The number of nitrogens with one attached hydrogen (secondary N) is 2. The molecule has 0 heterocycles. The molecule has 0 bridgehead atoms. The highest BCUT2D eigenvalue weighted by Crippen LogP contribution is 2.41. The van der Waals surface area contributed by atoms with Crippen molar-refractivity contribution in [1.29, 1.82) is 0 Å². The van der Waals surface area contributed by atoms with Gasteiger partial charge in [-0.15, -0.1) is 0 Å². The number of amides is 2. The number of hydrogen-bond acceptors (Lipinski definition) is 3. The van der Waals surface area contributed by atoms with Crippen molar-refractivity contribution in [2.24, 2.45) is 0 Å². The first-order valence-corrected chi connectivity index (χ1v) is 7.48. The Bertz CT molecular complexity index is 710. The number of non-ortho nitro benzene ring substituents is 1. The van der Waals surface area contributed by atoms with Crippen LogP contribution in [0.25, 0.3) is 0 Å². The van der Waals surface area contributed by atoms with Crippen LogP contribution in [0, 0.1) is 10.1 Å². The van der Waals surface area contributed by atoms with Crippen molar-refractivity contribution >= 4 is 17.4 Å².